The van der Waals surface area contributed by atoms with E-state index in [1.807, 2.05) is 42.8 Å². The number of carbonyl (C=O) groups is 1. The molecule has 0 saturated carbocycles. The van der Waals surface area contributed by atoms with Gasteiger partial charge in [-0.15, -0.1) is 0 Å². The summed E-state index contributed by atoms with van der Waals surface area (Å²) in [5.74, 6) is 1.67. The van der Waals surface area contributed by atoms with Gasteiger partial charge in [0.15, 0.2) is 5.82 Å². The summed E-state index contributed by atoms with van der Waals surface area (Å²) in [4.78, 5) is 20.8. The van der Waals surface area contributed by atoms with Crippen molar-refractivity contribution in [2.45, 2.75) is 45.7 Å². The van der Waals surface area contributed by atoms with E-state index < -0.39 is 0 Å². The molecule has 1 aromatic carbocycles. The number of rotatable bonds is 3. The highest BCUT2D eigenvalue weighted by atomic mass is 16.1. The summed E-state index contributed by atoms with van der Waals surface area (Å²) in [6.07, 6.45) is 2.70. The molecular weight excluding hydrogens is 302 g/mol. The second-order valence-electron chi connectivity index (χ2n) is 6.30. The predicted molar refractivity (Wildman–Crippen MR) is 91.9 cm³/mol. The zero-order valence-corrected chi connectivity index (χ0v) is 14.0. The molecule has 24 heavy (non-hydrogen) atoms. The third-order valence-corrected chi connectivity index (χ3v) is 4.66. The van der Waals surface area contributed by atoms with Gasteiger partial charge in [0.2, 0.25) is 0 Å². The standard InChI is InChI=1S/C18H21N5O/c1-3-15-21-17-14(9-6-10-23(17)22-15)20-18(24)16-11(2)19-13-8-5-4-7-12(13)16/h4-5,7-8,14,19H,3,6,9-10H2,1-2H3,(H,20,24)/t14-/m0/s1. The van der Waals surface area contributed by atoms with Crippen LogP contribution in [0, 0.1) is 6.92 Å². The van der Waals surface area contributed by atoms with E-state index in [-0.39, 0.29) is 11.9 Å². The number of benzene rings is 1. The Balaban J connectivity index is 1.65. The van der Waals surface area contributed by atoms with Crippen LogP contribution < -0.4 is 5.32 Å². The van der Waals surface area contributed by atoms with E-state index in [4.69, 9.17) is 0 Å². The maximum absolute atomic E-state index is 12.9. The minimum Gasteiger partial charge on any atom is -0.358 e. The Hall–Kier alpha value is -2.63. The number of carbonyl (C=O) groups excluding carboxylic acids is 1. The molecule has 1 aliphatic rings. The maximum Gasteiger partial charge on any atom is 0.254 e. The number of aromatic amines is 1. The average molecular weight is 323 g/mol. The number of nitrogens with one attached hydrogen (secondary N) is 2. The first kappa shape index (κ1) is 14.9. The van der Waals surface area contributed by atoms with Crippen molar-refractivity contribution in [3.05, 3.63) is 47.2 Å². The molecule has 3 aromatic rings. The van der Waals surface area contributed by atoms with Gasteiger partial charge in [-0.25, -0.2) is 9.67 Å². The first-order chi connectivity index (χ1) is 11.7. The van der Waals surface area contributed by atoms with Gasteiger partial charge in [-0.1, -0.05) is 25.1 Å². The van der Waals surface area contributed by atoms with Crippen molar-refractivity contribution in [3.8, 4) is 0 Å². The van der Waals surface area contributed by atoms with E-state index in [0.29, 0.717) is 0 Å². The predicted octanol–water partition coefficient (Wildman–Crippen LogP) is 2.90. The van der Waals surface area contributed by atoms with Crippen molar-refractivity contribution < 1.29 is 4.79 Å². The summed E-state index contributed by atoms with van der Waals surface area (Å²) in [6, 6.07) is 7.82. The SMILES string of the molecule is CCc1nc2n(n1)CCC[C@@H]2NC(=O)c1c(C)[nH]c2ccccc12. The van der Waals surface area contributed by atoms with Crippen LogP contribution in [-0.2, 0) is 13.0 Å². The molecule has 0 fully saturated rings. The fourth-order valence-corrected chi connectivity index (χ4v) is 3.49. The van der Waals surface area contributed by atoms with Crippen LogP contribution in [0.1, 0.15) is 53.5 Å². The smallest absolute Gasteiger partial charge is 0.254 e. The Labute approximate surface area is 140 Å². The third-order valence-electron chi connectivity index (χ3n) is 4.66. The highest BCUT2D eigenvalue weighted by molar-refractivity contribution is 6.08. The van der Waals surface area contributed by atoms with Crippen molar-refractivity contribution in [2.24, 2.45) is 0 Å². The number of aromatic nitrogens is 4. The molecule has 124 valence electrons. The fourth-order valence-electron chi connectivity index (χ4n) is 3.49. The van der Waals surface area contributed by atoms with Crippen LogP contribution >= 0.6 is 0 Å². The molecule has 0 bridgehead atoms. The van der Waals surface area contributed by atoms with Crippen LogP contribution in [0.5, 0.6) is 0 Å². The van der Waals surface area contributed by atoms with Crippen molar-refractivity contribution in [3.63, 3.8) is 0 Å². The normalized spacial score (nSPS) is 17.0. The molecule has 0 unspecified atom stereocenters. The van der Waals surface area contributed by atoms with Gasteiger partial charge in [-0.3, -0.25) is 4.79 Å². The molecule has 0 saturated heterocycles. The molecule has 1 amide bonds. The summed E-state index contributed by atoms with van der Waals surface area (Å²) < 4.78 is 1.94. The van der Waals surface area contributed by atoms with Crippen molar-refractivity contribution in [1.82, 2.24) is 25.1 Å². The molecule has 6 nitrogen and oxygen atoms in total. The molecule has 0 spiro atoms. The number of hydrogen-bond acceptors (Lipinski definition) is 3. The zero-order chi connectivity index (χ0) is 16.7. The van der Waals surface area contributed by atoms with E-state index >= 15 is 0 Å². The van der Waals surface area contributed by atoms with Crippen LogP contribution in [0.25, 0.3) is 10.9 Å². The average Bonchev–Trinajstić information content (AvgIpc) is 3.15. The topological polar surface area (TPSA) is 75.6 Å². The second-order valence-corrected chi connectivity index (χ2v) is 6.30. The summed E-state index contributed by atoms with van der Waals surface area (Å²) in [7, 11) is 0. The Morgan fingerprint density at radius 2 is 2.25 bits per heavy atom. The van der Waals surface area contributed by atoms with Gasteiger partial charge in [0.05, 0.1) is 11.6 Å². The molecule has 0 radical (unpaired) electrons. The number of aryl methyl sites for hydroxylation is 3. The molecule has 2 aromatic heterocycles. The molecule has 0 aliphatic carbocycles. The summed E-state index contributed by atoms with van der Waals surface area (Å²) >= 11 is 0. The monoisotopic (exact) mass is 323 g/mol. The number of fused-ring (bicyclic) bond motifs is 2. The molecule has 2 N–H and O–H groups in total. The molecule has 3 heterocycles. The number of para-hydroxylation sites is 1. The molecule has 1 aliphatic heterocycles. The molecule has 6 heteroatoms. The number of H-pyrrole nitrogens is 1. The summed E-state index contributed by atoms with van der Waals surface area (Å²) in [6.45, 7) is 4.86. The van der Waals surface area contributed by atoms with E-state index in [0.717, 1.165) is 59.6 Å². The van der Waals surface area contributed by atoms with Gasteiger partial charge in [0, 0.05) is 29.6 Å². The van der Waals surface area contributed by atoms with Crippen molar-refractivity contribution >= 4 is 16.8 Å². The Morgan fingerprint density at radius 1 is 1.42 bits per heavy atom. The van der Waals surface area contributed by atoms with E-state index in [9.17, 15) is 4.79 Å². The fraction of sp³-hybridized carbons (Fsp3) is 0.389. The number of nitrogens with zero attached hydrogens (tertiary/aromatic N) is 3. The highest BCUT2D eigenvalue weighted by Gasteiger charge is 2.27. The van der Waals surface area contributed by atoms with Gasteiger partial charge in [0.25, 0.3) is 5.91 Å². The maximum atomic E-state index is 12.9. The Bertz CT molecular complexity index is 907. The van der Waals surface area contributed by atoms with Gasteiger partial charge in [0.1, 0.15) is 5.82 Å². The number of hydrogen-bond donors (Lipinski definition) is 2. The Morgan fingerprint density at radius 3 is 3.08 bits per heavy atom. The van der Waals surface area contributed by atoms with Crippen LogP contribution in [-0.4, -0.2) is 25.7 Å². The number of amides is 1. The van der Waals surface area contributed by atoms with Crippen LogP contribution in [0.2, 0.25) is 0 Å². The summed E-state index contributed by atoms with van der Waals surface area (Å²) in [5.41, 5.74) is 2.60. The van der Waals surface area contributed by atoms with Gasteiger partial charge < -0.3 is 10.3 Å². The Kier molecular flexibility index (Phi) is 3.59. The lowest BCUT2D eigenvalue weighted by Gasteiger charge is -2.23. The quantitative estimate of drug-likeness (QED) is 0.778. The minimum absolute atomic E-state index is 0.0514. The third kappa shape index (κ3) is 2.38. The molecular formula is C18H21N5O. The van der Waals surface area contributed by atoms with E-state index in [2.05, 4.69) is 20.4 Å². The van der Waals surface area contributed by atoms with E-state index in [1.54, 1.807) is 0 Å². The van der Waals surface area contributed by atoms with Crippen LogP contribution in [0.3, 0.4) is 0 Å². The summed E-state index contributed by atoms with van der Waals surface area (Å²) in [5, 5.41) is 8.63. The highest BCUT2D eigenvalue weighted by Crippen LogP contribution is 2.26. The molecule has 1 atom stereocenters. The van der Waals surface area contributed by atoms with Crippen LogP contribution in [0.4, 0.5) is 0 Å². The largest absolute Gasteiger partial charge is 0.358 e. The van der Waals surface area contributed by atoms with Gasteiger partial charge in [-0.05, 0) is 25.8 Å². The van der Waals surface area contributed by atoms with E-state index in [1.165, 1.54) is 0 Å². The lowest BCUT2D eigenvalue weighted by Crippen LogP contribution is -2.33. The molecule has 4 rings (SSSR count). The zero-order valence-electron chi connectivity index (χ0n) is 14.0. The van der Waals surface area contributed by atoms with Crippen LogP contribution in [0.15, 0.2) is 24.3 Å². The van der Waals surface area contributed by atoms with Gasteiger partial charge >= 0.3 is 0 Å². The van der Waals surface area contributed by atoms with Crippen molar-refractivity contribution in [2.75, 3.05) is 0 Å². The first-order valence-electron chi connectivity index (χ1n) is 8.49. The second kappa shape index (κ2) is 5.78. The minimum atomic E-state index is -0.0767. The van der Waals surface area contributed by atoms with Gasteiger partial charge in [-0.2, -0.15) is 5.10 Å². The van der Waals surface area contributed by atoms with Crippen molar-refractivity contribution in [1.29, 1.82) is 0 Å². The lowest BCUT2D eigenvalue weighted by atomic mass is 10.1. The first-order valence-corrected chi connectivity index (χ1v) is 8.49. The lowest BCUT2D eigenvalue weighted by molar-refractivity contribution is 0.0928.